The van der Waals surface area contributed by atoms with Gasteiger partial charge in [0.1, 0.15) is 0 Å². The summed E-state index contributed by atoms with van der Waals surface area (Å²) in [5, 5.41) is 3.63. The van der Waals surface area contributed by atoms with Gasteiger partial charge in [-0.05, 0) is 44.3 Å². The van der Waals surface area contributed by atoms with E-state index in [4.69, 9.17) is 0 Å². The third kappa shape index (κ3) is 3.55. The normalized spacial score (nSPS) is 12.8. The molecule has 29 heavy (non-hydrogen) atoms. The van der Waals surface area contributed by atoms with Crippen LogP contribution in [0.4, 0.5) is 26.3 Å². The Morgan fingerprint density at radius 1 is 0.552 bits per heavy atom. The van der Waals surface area contributed by atoms with E-state index in [1.165, 1.54) is 12.1 Å². The molecule has 0 aromatic heterocycles. The number of hydrogen-bond donors (Lipinski definition) is 0. The Bertz CT molecular complexity index is 1100. The minimum absolute atomic E-state index is 0.560. The fourth-order valence-corrected chi connectivity index (χ4v) is 3.73. The highest BCUT2D eigenvalue weighted by atomic mass is 19.4. The molecule has 0 nitrogen and oxygen atoms in total. The highest BCUT2D eigenvalue weighted by Gasteiger charge is 2.57. The molecule has 148 valence electrons. The quantitative estimate of drug-likeness (QED) is 0.236. The highest BCUT2D eigenvalue weighted by molar-refractivity contribution is 6.12. The van der Waals surface area contributed by atoms with Gasteiger partial charge in [0.25, 0.3) is 0 Å². The second kappa shape index (κ2) is 6.79. The predicted molar refractivity (Wildman–Crippen MR) is 102 cm³/mol. The molecule has 6 heteroatoms. The smallest absolute Gasteiger partial charge is 0.170 e. The summed E-state index contributed by atoms with van der Waals surface area (Å²) in [6.07, 6.45) is -10.8. The van der Waals surface area contributed by atoms with E-state index < -0.39 is 23.8 Å². The van der Waals surface area contributed by atoms with E-state index in [1.807, 2.05) is 54.6 Å². The van der Waals surface area contributed by atoms with Gasteiger partial charge < -0.3 is 0 Å². The van der Waals surface area contributed by atoms with Crippen LogP contribution in [0.15, 0.2) is 78.9 Å². The summed E-state index contributed by atoms with van der Waals surface area (Å²) in [5.41, 5.74) is 0.518. The predicted octanol–water partition coefficient (Wildman–Crippen LogP) is 7.87. The molecule has 0 fully saturated rings. The first-order valence-corrected chi connectivity index (χ1v) is 8.80. The van der Waals surface area contributed by atoms with Gasteiger partial charge in [0, 0.05) is 0 Å². The van der Waals surface area contributed by atoms with Crippen LogP contribution >= 0.6 is 0 Å². The summed E-state index contributed by atoms with van der Waals surface area (Å²) in [6.45, 7) is 0. The monoisotopic (exact) mass is 404 g/mol. The molecule has 0 saturated carbocycles. The zero-order chi connectivity index (χ0) is 20.8. The van der Waals surface area contributed by atoms with Gasteiger partial charge in [-0.25, -0.2) is 0 Å². The first kappa shape index (κ1) is 19.3. The molecular weight excluding hydrogens is 390 g/mol. The molecule has 0 spiro atoms. The van der Waals surface area contributed by atoms with Gasteiger partial charge in [-0.1, -0.05) is 72.8 Å². The zero-order valence-electron chi connectivity index (χ0n) is 14.9. The van der Waals surface area contributed by atoms with Crippen LogP contribution in [-0.4, -0.2) is 12.4 Å². The van der Waals surface area contributed by atoms with E-state index >= 15 is 0 Å². The minimum Gasteiger partial charge on any atom is -0.170 e. The van der Waals surface area contributed by atoms with E-state index in [-0.39, 0.29) is 0 Å². The molecule has 0 N–H and O–H groups in total. The molecule has 0 aliphatic carbocycles. The van der Waals surface area contributed by atoms with Gasteiger partial charge in [-0.15, -0.1) is 0 Å². The Balaban J connectivity index is 1.91. The number of fused-ring (bicyclic) bond motifs is 2. The lowest BCUT2D eigenvalue weighted by Gasteiger charge is -2.23. The Morgan fingerprint density at radius 2 is 1.00 bits per heavy atom. The van der Waals surface area contributed by atoms with Crippen molar-refractivity contribution in [2.75, 3.05) is 0 Å². The average Bonchev–Trinajstić information content (AvgIpc) is 2.64. The molecule has 0 atom stereocenters. The number of halogens is 6. The maximum atomic E-state index is 13.0. The van der Waals surface area contributed by atoms with Gasteiger partial charge in [0.2, 0.25) is 0 Å². The van der Waals surface area contributed by atoms with Crippen molar-refractivity contribution in [2.45, 2.75) is 18.3 Å². The van der Waals surface area contributed by atoms with Crippen molar-refractivity contribution in [3.05, 3.63) is 84.4 Å². The molecule has 0 aliphatic heterocycles. The molecule has 0 unspecified atom stereocenters. The van der Waals surface area contributed by atoms with Crippen LogP contribution in [0.1, 0.15) is 11.5 Å². The largest absolute Gasteiger partial charge is 0.404 e. The number of benzene rings is 4. The van der Waals surface area contributed by atoms with Gasteiger partial charge in [-0.2, -0.15) is 26.3 Å². The van der Waals surface area contributed by atoms with Crippen LogP contribution < -0.4 is 0 Å². The van der Waals surface area contributed by atoms with Crippen LogP contribution in [-0.2, 0) is 0 Å². The van der Waals surface area contributed by atoms with Crippen molar-refractivity contribution in [3.63, 3.8) is 0 Å². The average molecular weight is 404 g/mol. The lowest BCUT2D eigenvalue weighted by Crippen LogP contribution is -2.34. The second-order valence-electron chi connectivity index (χ2n) is 6.83. The van der Waals surface area contributed by atoms with E-state index in [0.29, 0.717) is 5.56 Å². The fraction of sp³-hybridized carbons (Fsp3) is 0.130. The first-order valence-electron chi connectivity index (χ1n) is 8.80. The van der Waals surface area contributed by atoms with Crippen molar-refractivity contribution in [2.24, 2.45) is 0 Å². The van der Waals surface area contributed by atoms with Crippen LogP contribution in [0.2, 0.25) is 0 Å². The maximum absolute atomic E-state index is 13.0. The minimum atomic E-state index is -5.41. The molecule has 4 aromatic rings. The summed E-state index contributed by atoms with van der Waals surface area (Å²) < 4.78 is 78.1. The molecule has 0 bridgehead atoms. The van der Waals surface area contributed by atoms with E-state index in [0.717, 1.165) is 39.2 Å². The molecule has 0 saturated heterocycles. The van der Waals surface area contributed by atoms with Gasteiger partial charge in [0.15, 0.2) is 5.92 Å². The number of alkyl halides is 6. The van der Waals surface area contributed by atoms with Crippen molar-refractivity contribution >= 4 is 21.5 Å². The number of rotatable bonds is 2. The summed E-state index contributed by atoms with van der Waals surface area (Å²) in [7, 11) is 0. The van der Waals surface area contributed by atoms with Crippen molar-refractivity contribution in [3.8, 4) is 11.1 Å². The standard InChI is InChI=1S/C23H14F6/c24-22(25,26)21(23(27,28)29)15-11-9-14(10-12-15)20-18-7-3-1-5-16(18)13-17-6-2-4-8-19(17)20/h1-13,21H. The van der Waals surface area contributed by atoms with Gasteiger partial charge in [0.05, 0.1) is 0 Å². The Hall–Kier alpha value is -3.02. The van der Waals surface area contributed by atoms with Crippen LogP contribution in [0, 0.1) is 0 Å². The SMILES string of the molecule is FC(F)(F)C(c1ccc(-c2c3ccccc3cc3ccccc23)cc1)C(F)(F)F. The summed E-state index contributed by atoms with van der Waals surface area (Å²) in [6, 6.07) is 21.5. The molecule has 0 heterocycles. The van der Waals surface area contributed by atoms with Gasteiger partial charge in [-0.3, -0.25) is 0 Å². The summed E-state index contributed by atoms with van der Waals surface area (Å²) in [5.74, 6) is -3.51. The number of hydrogen-bond acceptors (Lipinski definition) is 0. The van der Waals surface area contributed by atoms with Crippen molar-refractivity contribution < 1.29 is 26.3 Å². The fourth-order valence-electron chi connectivity index (χ4n) is 3.73. The van der Waals surface area contributed by atoms with Crippen molar-refractivity contribution in [1.29, 1.82) is 0 Å². The Morgan fingerprint density at radius 3 is 1.45 bits per heavy atom. The molecular formula is C23H14F6. The third-order valence-corrected chi connectivity index (χ3v) is 4.96. The van der Waals surface area contributed by atoms with Crippen LogP contribution in [0.25, 0.3) is 32.7 Å². The molecule has 0 radical (unpaired) electrons. The molecule has 4 rings (SSSR count). The molecule has 4 aromatic carbocycles. The van der Waals surface area contributed by atoms with Crippen LogP contribution in [0.5, 0.6) is 0 Å². The third-order valence-electron chi connectivity index (χ3n) is 4.96. The summed E-state index contributed by atoms with van der Waals surface area (Å²) >= 11 is 0. The van der Waals surface area contributed by atoms with Gasteiger partial charge >= 0.3 is 12.4 Å². The Labute approximate surface area is 162 Å². The lowest BCUT2D eigenvalue weighted by atomic mass is 9.90. The van der Waals surface area contributed by atoms with Crippen molar-refractivity contribution in [1.82, 2.24) is 0 Å². The highest BCUT2D eigenvalue weighted by Crippen LogP contribution is 2.47. The van der Waals surface area contributed by atoms with Crippen LogP contribution in [0.3, 0.4) is 0 Å². The van der Waals surface area contributed by atoms with E-state index in [2.05, 4.69) is 0 Å². The topological polar surface area (TPSA) is 0 Å². The molecule has 0 aliphatic rings. The maximum Gasteiger partial charge on any atom is 0.404 e. The lowest BCUT2D eigenvalue weighted by molar-refractivity contribution is -0.253. The van der Waals surface area contributed by atoms with E-state index in [9.17, 15) is 26.3 Å². The molecule has 0 amide bonds. The van der Waals surface area contributed by atoms with E-state index in [1.54, 1.807) is 0 Å². The first-order chi connectivity index (χ1) is 13.7. The zero-order valence-corrected chi connectivity index (χ0v) is 14.9. The second-order valence-corrected chi connectivity index (χ2v) is 6.83. The Kier molecular flexibility index (Phi) is 4.52. The summed E-state index contributed by atoms with van der Waals surface area (Å²) in [4.78, 5) is 0.